The lowest BCUT2D eigenvalue weighted by atomic mass is 10.0. The predicted octanol–water partition coefficient (Wildman–Crippen LogP) is 4.64. The molecule has 3 rings (SSSR count). The lowest BCUT2D eigenvalue weighted by Gasteiger charge is -2.06. The molecule has 0 radical (unpaired) electrons. The van der Waals surface area contributed by atoms with Crippen LogP contribution in [0.2, 0.25) is 0 Å². The number of hydrogen-bond donors (Lipinski definition) is 0. The van der Waals surface area contributed by atoms with Gasteiger partial charge in [0.15, 0.2) is 11.9 Å². The Morgan fingerprint density at radius 1 is 1.17 bits per heavy atom. The average molecular weight is 328 g/mol. The SMILES string of the molecule is C=Cc1ccccc1.O=C(CCl)C1=NOC(c2ccccc2)C1. The van der Waals surface area contributed by atoms with Gasteiger partial charge in [-0.1, -0.05) is 78.5 Å². The highest BCUT2D eigenvalue weighted by Crippen LogP contribution is 2.27. The van der Waals surface area contributed by atoms with Crippen molar-refractivity contribution in [2.75, 3.05) is 5.88 Å². The molecule has 2 aromatic rings. The van der Waals surface area contributed by atoms with Crippen LogP contribution in [-0.4, -0.2) is 17.4 Å². The average Bonchev–Trinajstić information content (AvgIpc) is 3.13. The molecule has 0 aliphatic carbocycles. The molecular weight excluding hydrogens is 310 g/mol. The minimum atomic E-state index is -0.157. The van der Waals surface area contributed by atoms with Crippen molar-refractivity contribution in [3.63, 3.8) is 0 Å². The standard InChI is InChI=1S/C11H10ClNO2.C8H8/c12-7-10(14)9-6-11(15-13-9)8-4-2-1-3-5-8;1-2-8-6-4-3-5-7-8/h1-5,11H,6-7H2;2-7H,1H2. The first-order valence-electron chi connectivity index (χ1n) is 7.29. The highest BCUT2D eigenvalue weighted by molar-refractivity contribution is 6.49. The van der Waals surface area contributed by atoms with Crippen LogP contribution in [0.25, 0.3) is 6.08 Å². The summed E-state index contributed by atoms with van der Waals surface area (Å²) in [6.45, 7) is 3.63. The summed E-state index contributed by atoms with van der Waals surface area (Å²) in [6.07, 6.45) is 2.20. The summed E-state index contributed by atoms with van der Waals surface area (Å²) in [5.74, 6) is -0.195. The summed E-state index contributed by atoms with van der Waals surface area (Å²) in [5, 5.41) is 3.75. The van der Waals surface area contributed by atoms with Crippen molar-refractivity contribution in [3.8, 4) is 0 Å². The van der Waals surface area contributed by atoms with Gasteiger partial charge in [-0.2, -0.15) is 0 Å². The minimum absolute atomic E-state index is 0.0380. The van der Waals surface area contributed by atoms with E-state index in [1.54, 1.807) is 0 Å². The highest BCUT2D eigenvalue weighted by Gasteiger charge is 2.26. The van der Waals surface area contributed by atoms with Gasteiger partial charge in [-0.05, 0) is 11.1 Å². The second-order valence-corrected chi connectivity index (χ2v) is 5.19. The van der Waals surface area contributed by atoms with Gasteiger partial charge in [-0.25, -0.2) is 0 Å². The number of carbonyl (C=O) groups excluding carboxylic acids is 1. The highest BCUT2D eigenvalue weighted by atomic mass is 35.5. The molecule has 0 aromatic heterocycles. The maximum atomic E-state index is 11.2. The zero-order valence-electron chi connectivity index (χ0n) is 12.7. The number of oxime groups is 1. The molecule has 0 saturated carbocycles. The van der Waals surface area contributed by atoms with Crippen molar-refractivity contribution < 1.29 is 9.63 Å². The molecule has 3 nitrogen and oxygen atoms in total. The second-order valence-electron chi connectivity index (χ2n) is 4.92. The molecule has 1 aliphatic rings. The number of rotatable bonds is 4. The molecule has 0 bridgehead atoms. The molecule has 0 fully saturated rings. The van der Waals surface area contributed by atoms with E-state index in [-0.39, 0.29) is 17.8 Å². The van der Waals surface area contributed by atoms with Crippen molar-refractivity contribution >= 4 is 29.2 Å². The van der Waals surface area contributed by atoms with Crippen LogP contribution in [0.4, 0.5) is 0 Å². The molecule has 0 N–H and O–H groups in total. The quantitative estimate of drug-likeness (QED) is 0.767. The molecule has 1 unspecified atom stereocenters. The number of benzene rings is 2. The first kappa shape index (κ1) is 17.0. The summed E-state index contributed by atoms with van der Waals surface area (Å²) in [5.41, 5.74) is 2.63. The van der Waals surface area contributed by atoms with E-state index in [2.05, 4.69) is 11.7 Å². The van der Waals surface area contributed by atoms with Gasteiger partial charge in [0.05, 0.1) is 5.88 Å². The lowest BCUT2D eigenvalue weighted by molar-refractivity contribution is -0.110. The smallest absolute Gasteiger partial charge is 0.195 e. The van der Waals surface area contributed by atoms with Crippen LogP contribution >= 0.6 is 11.6 Å². The molecule has 0 amide bonds. The van der Waals surface area contributed by atoms with Gasteiger partial charge >= 0.3 is 0 Å². The second kappa shape index (κ2) is 8.91. The van der Waals surface area contributed by atoms with Crippen LogP contribution < -0.4 is 0 Å². The van der Waals surface area contributed by atoms with Crippen molar-refractivity contribution in [3.05, 3.63) is 78.4 Å². The Hall–Kier alpha value is -2.39. The van der Waals surface area contributed by atoms with Crippen LogP contribution in [0.5, 0.6) is 0 Å². The van der Waals surface area contributed by atoms with Gasteiger partial charge in [0.1, 0.15) is 5.71 Å². The van der Waals surface area contributed by atoms with Crippen molar-refractivity contribution in [2.24, 2.45) is 5.16 Å². The molecule has 2 aromatic carbocycles. The Kier molecular flexibility index (Phi) is 6.57. The Labute approximate surface area is 141 Å². The molecule has 23 heavy (non-hydrogen) atoms. The summed E-state index contributed by atoms with van der Waals surface area (Å²) >= 11 is 5.44. The number of Topliss-reactive ketones (excluding diaryl/α,β-unsaturated/α-hetero) is 1. The van der Waals surface area contributed by atoms with E-state index in [9.17, 15) is 4.79 Å². The maximum Gasteiger partial charge on any atom is 0.195 e. The summed E-state index contributed by atoms with van der Waals surface area (Å²) < 4.78 is 0. The fourth-order valence-corrected chi connectivity index (χ4v) is 2.21. The predicted molar refractivity (Wildman–Crippen MR) is 94.6 cm³/mol. The van der Waals surface area contributed by atoms with Crippen LogP contribution in [0, 0.1) is 0 Å². The van der Waals surface area contributed by atoms with E-state index in [1.807, 2.05) is 66.7 Å². The molecular formula is C19H18ClNO2. The molecule has 0 spiro atoms. The molecule has 1 atom stereocenters. The first-order chi connectivity index (χ1) is 11.2. The molecule has 0 saturated heterocycles. The van der Waals surface area contributed by atoms with Gasteiger partial charge < -0.3 is 4.84 Å². The normalized spacial score (nSPS) is 15.7. The maximum absolute atomic E-state index is 11.2. The zero-order chi connectivity index (χ0) is 16.5. The minimum Gasteiger partial charge on any atom is -0.387 e. The van der Waals surface area contributed by atoms with Crippen molar-refractivity contribution in [1.82, 2.24) is 0 Å². The van der Waals surface area contributed by atoms with Gasteiger partial charge in [-0.15, -0.1) is 11.6 Å². The van der Waals surface area contributed by atoms with Gasteiger partial charge in [-0.3, -0.25) is 4.79 Å². The zero-order valence-corrected chi connectivity index (χ0v) is 13.4. The molecule has 118 valence electrons. The number of hydrogen-bond acceptors (Lipinski definition) is 3. The Balaban J connectivity index is 0.000000203. The summed E-state index contributed by atoms with van der Waals surface area (Å²) in [6, 6.07) is 19.7. The third-order valence-corrected chi connectivity index (χ3v) is 3.56. The molecule has 4 heteroatoms. The summed E-state index contributed by atoms with van der Waals surface area (Å²) in [4.78, 5) is 16.4. The van der Waals surface area contributed by atoms with Crippen LogP contribution in [0.15, 0.2) is 72.4 Å². The summed E-state index contributed by atoms with van der Waals surface area (Å²) in [7, 11) is 0. The lowest BCUT2D eigenvalue weighted by Crippen LogP contribution is -2.13. The van der Waals surface area contributed by atoms with E-state index in [1.165, 1.54) is 5.56 Å². The monoisotopic (exact) mass is 327 g/mol. The van der Waals surface area contributed by atoms with Crippen LogP contribution in [0.3, 0.4) is 0 Å². The van der Waals surface area contributed by atoms with E-state index in [4.69, 9.17) is 16.4 Å². The first-order valence-corrected chi connectivity index (χ1v) is 7.82. The fraction of sp³-hybridized carbons (Fsp3) is 0.158. The third kappa shape index (κ3) is 5.08. The fourth-order valence-electron chi connectivity index (χ4n) is 2.05. The van der Waals surface area contributed by atoms with E-state index in [0.29, 0.717) is 12.1 Å². The number of nitrogens with zero attached hydrogens (tertiary/aromatic N) is 1. The van der Waals surface area contributed by atoms with Crippen molar-refractivity contribution in [2.45, 2.75) is 12.5 Å². The number of carbonyl (C=O) groups is 1. The van der Waals surface area contributed by atoms with Gasteiger partial charge in [0.25, 0.3) is 0 Å². The van der Waals surface area contributed by atoms with E-state index >= 15 is 0 Å². The number of ketones is 1. The van der Waals surface area contributed by atoms with Gasteiger partial charge in [0, 0.05) is 6.42 Å². The Bertz CT molecular complexity index is 668. The largest absolute Gasteiger partial charge is 0.387 e. The molecule has 1 heterocycles. The van der Waals surface area contributed by atoms with E-state index < -0.39 is 0 Å². The Morgan fingerprint density at radius 2 is 1.78 bits per heavy atom. The third-order valence-electron chi connectivity index (χ3n) is 3.32. The van der Waals surface area contributed by atoms with Crippen molar-refractivity contribution in [1.29, 1.82) is 0 Å². The topological polar surface area (TPSA) is 38.7 Å². The van der Waals surface area contributed by atoms with E-state index in [0.717, 1.165) is 5.56 Å². The van der Waals surface area contributed by atoms with Crippen LogP contribution in [0.1, 0.15) is 23.7 Å². The Morgan fingerprint density at radius 3 is 2.30 bits per heavy atom. The molecule has 1 aliphatic heterocycles. The number of halogens is 1. The van der Waals surface area contributed by atoms with Crippen LogP contribution in [-0.2, 0) is 9.63 Å². The van der Waals surface area contributed by atoms with Gasteiger partial charge in [0.2, 0.25) is 0 Å². The number of alkyl halides is 1.